The SMILES string of the molecule is CC1CC2CC(C)C3(c4ccccc4-c4ccc(-c5cc(-c6nc(-c7ccccc7)nc(-c7ccccc7)n6)c(-c6ccccc6)cc5-c5nc(-c6ccccc6)nc(-c6ccccc6)n5)cc43)C(C1)C2. The molecule has 13 rings (SSSR count). The van der Waals surface area contributed by atoms with Crippen LogP contribution in [0.5, 0.6) is 0 Å². The Morgan fingerprint density at radius 3 is 1.21 bits per heavy atom. The highest BCUT2D eigenvalue weighted by atomic mass is 15.0. The minimum atomic E-state index is -0.0996. The van der Waals surface area contributed by atoms with Gasteiger partial charge in [0.05, 0.1) is 0 Å². The summed E-state index contributed by atoms with van der Waals surface area (Å²) >= 11 is 0. The lowest BCUT2D eigenvalue weighted by molar-refractivity contribution is 0.0426. The first-order valence-corrected chi connectivity index (χ1v) is 25.2. The molecule has 0 radical (unpaired) electrons. The van der Waals surface area contributed by atoms with E-state index in [9.17, 15) is 0 Å². The predicted octanol–water partition coefficient (Wildman–Crippen LogP) is 15.8. The normalized spacial score (nSPS) is 19.8. The van der Waals surface area contributed by atoms with Crippen molar-refractivity contribution in [3.63, 3.8) is 0 Å². The second-order valence-corrected chi connectivity index (χ2v) is 20.1. The molecule has 3 aliphatic carbocycles. The van der Waals surface area contributed by atoms with E-state index in [1.807, 2.05) is 72.8 Å². The Labute approximate surface area is 415 Å². The maximum absolute atomic E-state index is 5.42. The first kappa shape index (κ1) is 42.8. The number of hydrogen-bond donors (Lipinski definition) is 0. The van der Waals surface area contributed by atoms with Gasteiger partial charge in [0.15, 0.2) is 34.9 Å². The molecule has 6 nitrogen and oxygen atoms in total. The number of fused-ring (bicyclic) bond motifs is 8. The predicted molar refractivity (Wildman–Crippen MR) is 287 cm³/mol. The fourth-order valence-corrected chi connectivity index (χ4v) is 12.8. The molecule has 71 heavy (non-hydrogen) atoms. The summed E-state index contributed by atoms with van der Waals surface area (Å²) in [6.07, 6.45) is 5.09. The van der Waals surface area contributed by atoms with E-state index in [-0.39, 0.29) is 5.41 Å². The first-order valence-electron chi connectivity index (χ1n) is 25.2. The van der Waals surface area contributed by atoms with E-state index in [0.29, 0.717) is 52.7 Å². The molecule has 8 aromatic carbocycles. The number of benzene rings is 8. The van der Waals surface area contributed by atoms with Gasteiger partial charge < -0.3 is 0 Å². The zero-order chi connectivity index (χ0) is 47.5. The van der Waals surface area contributed by atoms with Crippen LogP contribution in [0.2, 0.25) is 0 Å². The van der Waals surface area contributed by atoms with Gasteiger partial charge in [-0.1, -0.05) is 202 Å². The molecule has 1 spiro atoms. The minimum absolute atomic E-state index is 0.0996. The monoisotopic (exact) mass is 916 g/mol. The molecule has 5 atom stereocenters. The van der Waals surface area contributed by atoms with Crippen molar-refractivity contribution < 1.29 is 0 Å². The molecule has 2 fully saturated rings. The first-order chi connectivity index (χ1) is 35.0. The largest absolute Gasteiger partial charge is 0.208 e. The fourth-order valence-electron chi connectivity index (χ4n) is 12.8. The highest BCUT2D eigenvalue weighted by Crippen LogP contribution is 2.65. The lowest BCUT2D eigenvalue weighted by atomic mass is 9.49. The Balaban J connectivity index is 1.12. The third-order valence-electron chi connectivity index (χ3n) is 15.7. The van der Waals surface area contributed by atoms with E-state index >= 15 is 0 Å². The van der Waals surface area contributed by atoms with Gasteiger partial charge in [0.2, 0.25) is 0 Å². The summed E-state index contributed by atoms with van der Waals surface area (Å²) in [4.78, 5) is 31.8. The van der Waals surface area contributed by atoms with Crippen molar-refractivity contribution >= 4 is 0 Å². The van der Waals surface area contributed by atoms with E-state index < -0.39 is 0 Å². The molecule has 0 N–H and O–H groups in total. The number of aromatic nitrogens is 6. The van der Waals surface area contributed by atoms with Gasteiger partial charge >= 0.3 is 0 Å². The van der Waals surface area contributed by atoms with E-state index in [1.165, 1.54) is 47.9 Å². The minimum Gasteiger partial charge on any atom is -0.208 e. The molecular weight excluding hydrogens is 865 g/mol. The molecular formula is C65H52N6. The number of rotatable bonds is 8. The summed E-state index contributed by atoms with van der Waals surface area (Å²) in [7, 11) is 0. The van der Waals surface area contributed by atoms with Crippen LogP contribution >= 0.6 is 0 Å². The smallest absolute Gasteiger partial charge is 0.164 e. The molecule has 0 saturated heterocycles. The maximum Gasteiger partial charge on any atom is 0.164 e. The van der Waals surface area contributed by atoms with Crippen LogP contribution < -0.4 is 0 Å². The van der Waals surface area contributed by atoms with Crippen LogP contribution in [-0.2, 0) is 5.41 Å². The van der Waals surface area contributed by atoms with Crippen LogP contribution in [0, 0.1) is 23.7 Å². The van der Waals surface area contributed by atoms with Crippen LogP contribution in [0.4, 0.5) is 0 Å². The molecule has 0 aliphatic heterocycles. The Morgan fingerprint density at radius 1 is 0.310 bits per heavy atom. The highest BCUT2D eigenvalue weighted by molar-refractivity contribution is 5.95. The third kappa shape index (κ3) is 7.48. The second-order valence-electron chi connectivity index (χ2n) is 20.1. The van der Waals surface area contributed by atoms with E-state index in [0.717, 1.165) is 61.6 Å². The molecule has 2 saturated carbocycles. The van der Waals surface area contributed by atoms with Gasteiger partial charge in [-0.2, -0.15) is 0 Å². The van der Waals surface area contributed by atoms with Gasteiger partial charge in [-0.3, -0.25) is 0 Å². The van der Waals surface area contributed by atoms with Crippen LogP contribution in [-0.4, -0.2) is 29.9 Å². The standard InChI is InChI=1S/C65H52N6/c1-41-34-43-36-42(2)65(50(35-41)37-43)57-31-19-18-30-51(57)52-33-32-49(38-58(52)65)54-40-55(63-68-59(45-22-10-4-11-23-45)66-60(69-63)46-24-12-5-13-25-46)53(44-20-8-3-9-21-44)39-56(54)64-70-61(47-26-14-6-15-27-47)67-62(71-64)48-28-16-7-17-29-48/h3-33,38-43,50H,34-37H2,1-2H3. The van der Waals surface area contributed by atoms with Crippen molar-refractivity contribution in [2.24, 2.45) is 23.7 Å². The van der Waals surface area contributed by atoms with Gasteiger partial charge in [-0.15, -0.1) is 0 Å². The average molecular weight is 917 g/mol. The van der Waals surface area contributed by atoms with Gasteiger partial charge in [-0.25, -0.2) is 29.9 Å². The van der Waals surface area contributed by atoms with Crippen molar-refractivity contribution in [1.29, 1.82) is 0 Å². The molecule has 6 heteroatoms. The number of hydrogen-bond acceptors (Lipinski definition) is 6. The second kappa shape index (κ2) is 17.6. The summed E-state index contributed by atoms with van der Waals surface area (Å²) in [5.74, 6) is 6.13. The van der Waals surface area contributed by atoms with Crippen molar-refractivity contribution in [2.75, 3.05) is 0 Å². The molecule has 2 aromatic heterocycles. The lowest BCUT2D eigenvalue weighted by Crippen LogP contribution is -2.49. The summed E-state index contributed by atoms with van der Waals surface area (Å²) in [6, 6.07) is 72.7. The summed E-state index contributed by atoms with van der Waals surface area (Å²) < 4.78 is 0. The van der Waals surface area contributed by atoms with E-state index in [2.05, 4.69) is 147 Å². The zero-order valence-corrected chi connectivity index (χ0v) is 40.0. The van der Waals surface area contributed by atoms with Crippen LogP contribution in [0.15, 0.2) is 206 Å². The fraction of sp³-hybridized carbons (Fsp3) is 0.169. The Hall–Kier alpha value is -8.22. The van der Waals surface area contributed by atoms with Gasteiger partial charge in [-0.05, 0) is 112 Å². The van der Waals surface area contributed by atoms with Crippen LogP contribution in [0.1, 0.15) is 50.7 Å². The molecule has 0 amide bonds. The highest BCUT2D eigenvalue weighted by Gasteiger charge is 2.56. The Kier molecular flexibility index (Phi) is 10.6. The third-order valence-corrected chi connectivity index (χ3v) is 15.7. The van der Waals surface area contributed by atoms with Crippen molar-refractivity contribution in [3.05, 3.63) is 217 Å². The topological polar surface area (TPSA) is 77.3 Å². The van der Waals surface area contributed by atoms with Crippen molar-refractivity contribution in [2.45, 2.75) is 44.9 Å². The summed E-state index contributed by atoms with van der Waals surface area (Å²) in [5.41, 5.74) is 15.1. The quantitative estimate of drug-likeness (QED) is 0.151. The lowest BCUT2D eigenvalue weighted by Gasteiger charge is -2.54. The average Bonchev–Trinajstić information content (AvgIpc) is 3.73. The van der Waals surface area contributed by atoms with Gasteiger partial charge in [0.25, 0.3) is 0 Å². The van der Waals surface area contributed by atoms with E-state index in [4.69, 9.17) is 29.9 Å². The molecule has 5 unspecified atom stereocenters. The van der Waals surface area contributed by atoms with Crippen LogP contribution in [0.25, 0.3) is 102 Å². The zero-order valence-electron chi connectivity index (χ0n) is 40.0. The molecule has 342 valence electrons. The Bertz CT molecular complexity index is 3460. The summed E-state index contributed by atoms with van der Waals surface area (Å²) in [5, 5.41) is 0. The Morgan fingerprint density at radius 2 is 0.718 bits per heavy atom. The molecule has 2 bridgehead atoms. The molecule has 3 aliphatic rings. The summed E-state index contributed by atoms with van der Waals surface area (Å²) in [6.45, 7) is 5.03. The van der Waals surface area contributed by atoms with Gasteiger partial charge in [0, 0.05) is 38.8 Å². The van der Waals surface area contributed by atoms with Gasteiger partial charge in [0.1, 0.15) is 0 Å². The van der Waals surface area contributed by atoms with Crippen LogP contribution in [0.3, 0.4) is 0 Å². The maximum atomic E-state index is 5.42. The van der Waals surface area contributed by atoms with Crippen molar-refractivity contribution in [3.8, 4) is 102 Å². The molecule has 2 heterocycles. The molecule has 10 aromatic rings. The van der Waals surface area contributed by atoms with E-state index in [1.54, 1.807) is 0 Å². The van der Waals surface area contributed by atoms with Crippen molar-refractivity contribution in [1.82, 2.24) is 29.9 Å². The number of nitrogens with zero attached hydrogens (tertiary/aromatic N) is 6.